The van der Waals surface area contributed by atoms with Gasteiger partial charge < -0.3 is 24.6 Å². The van der Waals surface area contributed by atoms with Gasteiger partial charge in [-0.1, -0.05) is 34.6 Å². The molecular formula is C23H35NO7. The molecule has 0 aliphatic rings. The number of likely N-dealkylation sites (N-methyl/N-ethyl adjacent to an activating group) is 1. The first-order valence-electron chi connectivity index (χ1n) is 10.4. The van der Waals surface area contributed by atoms with Gasteiger partial charge in [0.25, 0.3) is 0 Å². The van der Waals surface area contributed by atoms with Crippen LogP contribution in [-0.2, 0) is 14.3 Å². The van der Waals surface area contributed by atoms with E-state index in [2.05, 4.69) is 32.6 Å². The quantitative estimate of drug-likeness (QED) is 0.376. The molecule has 8 heteroatoms. The third-order valence-electron chi connectivity index (χ3n) is 4.13. The number of hydrogen-bond acceptors (Lipinski definition) is 6. The van der Waals surface area contributed by atoms with E-state index in [0.717, 1.165) is 31.8 Å². The van der Waals surface area contributed by atoms with E-state index in [0.29, 0.717) is 30.2 Å². The normalized spacial score (nSPS) is 11.7. The number of carboxylic acids is 2. The summed E-state index contributed by atoms with van der Waals surface area (Å²) >= 11 is 0. The molecule has 0 saturated carbocycles. The summed E-state index contributed by atoms with van der Waals surface area (Å²) in [5.41, 5.74) is 0.569. The molecule has 0 aromatic heterocycles. The van der Waals surface area contributed by atoms with Crippen molar-refractivity contribution in [1.29, 1.82) is 0 Å². The zero-order valence-electron chi connectivity index (χ0n) is 19.0. The van der Waals surface area contributed by atoms with Crippen LogP contribution in [-0.4, -0.2) is 65.4 Å². The van der Waals surface area contributed by atoms with Gasteiger partial charge in [0.15, 0.2) is 0 Å². The summed E-state index contributed by atoms with van der Waals surface area (Å²) in [7, 11) is 0. The van der Waals surface area contributed by atoms with Gasteiger partial charge in [-0.15, -0.1) is 0 Å². The lowest BCUT2D eigenvalue weighted by Crippen LogP contribution is -2.34. The SMILES string of the molecule is CCC(CN(CC)CC)OC(=O)c1ccc(OCC(C)C)cc1.O=C(O)/C=C/C(=O)O. The summed E-state index contributed by atoms with van der Waals surface area (Å²) < 4.78 is 11.3. The van der Waals surface area contributed by atoms with E-state index in [1.807, 2.05) is 19.1 Å². The maximum Gasteiger partial charge on any atom is 0.338 e. The van der Waals surface area contributed by atoms with Crippen LogP contribution in [0.3, 0.4) is 0 Å². The Morgan fingerprint density at radius 2 is 1.48 bits per heavy atom. The molecule has 0 bridgehead atoms. The highest BCUT2D eigenvalue weighted by Crippen LogP contribution is 2.15. The molecule has 1 atom stereocenters. The largest absolute Gasteiger partial charge is 0.493 e. The first-order chi connectivity index (χ1) is 14.6. The van der Waals surface area contributed by atoms with Crippen LogP contribution in [0.25, 0.3) is 0 Å². The standard InChI is InChI=1S/C19H31NO3.C4H4O4/c1-6-17(13-20(7-2)8-3)23-19(21)16-9-11-18(12-10-16)22-14-15(4)5;5-3(6)1-2-4(7)8/h9-12,15,17H,6-8,13-14H2,1-5H3;1-2H,(H,5,6)(H,7,8)/b;2-1+. The summed E-state index contributed by atoms with van der Waals surface area (Å²) in [5, 5.41) is 15.6. The van der Waals surface area contributed by atoms with E-state index in [1.54, 1.807) is 12.1 Å². The number of carbonyl (C=O) groups is 3. The zero-order chi connectivity index (χ0) is 23.8. The van der Waals surface area contributed by atoms with Crippen molar-refractivity contribution < 1.29 is 34.1 Å². The van der Waals surface area contributed by atoms with Gasteiger partial charge in [-0.3, -0.25) is 0 Å². The van der Waals surface area contributed by atoms with Gasteiger partial charge in [0, 0.05) is 18.7 Å². The van der Waals surface area contributed by atoms with E-state index in [9.17, 15) is 14.4 Å². The van der Waals surface area contributed by atoms with Crippen LogP contribution in [0.4, 0.5) is 0 Å². The molecule has 174 valence electrons. The molecule has 1 unspecified atom stereocenters. The molecule has 0 radical (unpaired) electrons. The fraction of sp³-hybridized carbons (Fsp3) is 0.522. The molecular weight excluding hydrogens is 402 g/mol. The number of carboxylic acid groups (broad SMARTS) is 2. The van der Waals surface area contributed by atoms with Gasteiger partial charge in [-0.2, -0.15) is 0 Å². The van der Waals surface area contributed by atoms with Crippen LogP contribution in [0.1, 0.15) is 51.4 Å². The van der Waals surface area contributed by atoms with Crippen molar-refractivity contribution in [2.24, 2.45) is 5.92 Å². The van der Waals surface area contributed by atoms with Gasteiger partial charge in [-0.25, -0.2) is 14.4 Å². The van der Waals surface area contributed by atoms with Crippen molar-refractivity contribution in [3.8, 4) is 5.75 Å². The molecule has 0 amide bonds. The highest BCUT2D eigenvalue weighted by Gasteiger charge is 2.16. The molecule has 31 heavy (non-hydrogen) atoms. The lowest BCUT2D eigenvalue weighted by atomic mass is 10.2. The number of ether oxygens (including phenoxy) is 2. The van der Waals surface area contributed by atoms with Crippen LogP contribution >= 0.6 is 0 Å². The van der Waals surface area contributed by atoms with Crippen LogP contribution in [0.5, 0.6) is 5.75 Å². The van der Waals surface area contributed by atoms with E-state index < -0.39 is 11.9 Å². The Morgan fingerprint density at radius 3 is 1.87 bits per heavy atom. The number of rotatable bonds is 12. The average Bonchev–Trinajstić information content (AvgIpc) is 2.74. The highest BCUT2D eigenvalue weighted by atomic mass is 16.5. The Bertz CT molecular complexity index is 678. The summed E-state index contributed by atoms with van der Waals surface area (Å²) in [4.78, 5) is 33.6. The summed E-state index contributed by atoms with van der Waals surface area (Å²) in [6, 6.07) is 7.18. The number of hydrogen-bond donors (Lipinski definition) is 2. The highest BCUT2D eigenvalue weighted by molar-refractivity contribution is 5.90. The minimum atomic E-state index is -1.26. The van der Waals surface area contributed by atoms with E-state index in [4.69, 9.17) is 19.7 Å². The van der Waals surface area contributed by atoms with Crippen molar-refractivity contribution in [2.45, 2.75) is 47.1 Å². The zero-order valence-corrected chi connectivity index (χ0v) is 19.0. The van der Waals surface area contributed by atoms with Gasteiger partial charge in [-0.05, 0) is 49.7 Å². The maximum absolute atomic E-state index is 12.3. The van der Waals surface area contributed by atoms with Crippen molar-refractivity contribution >= 4 is 17.9 Å². The number of esters is 1. The predicted octanol–water partition coefficient (Wildman–Crippen LogP) is 3.71. The predicted molar refractivity (Wildman–Crippen MR) is 118 cm³/mol. The third kappa shape index (κ3) is 13.9. The summed E-state index contributed by atoms with van der Waals surface area (Å²) in [6.07, 6.45) is 1.86. The number of aliphatic carboxylic acids is 2. The molecule has 1 rings (SSSR count). The average molecular weight is 438 g/mol. The monoisotopic (exact) mass is 437 g/mol. The molecule has 0 fully saturated rings. The van der Waals surface area contributed by atoms with Crippen LogP contribution < -0.4 is 4.74 Å². The van der Waals surface area contributed by atoms with Crippen LogP contribution in [0.2, 0.25) is 0 Å². The fourth-order valence-corrected chi connectivity index (χ4v) is 2.33. The maximum atomic E-state index is 12.3. The summed E-state index contributed by atoms with van der Waals surface area (Å²) in [6.45, 7) is 13.9. The van der Waals surface area contributed by atoms with Crippen molar-refractivity contribution in [3.63, 3.8) is 0 Å². The molecule has 0 spiro atoms. The second kappa shape index (κ2) is 15.9. The van der Waals surface area contributed by atoms with Gasteiger partial charge in [0.1, 0.15) is 11.9 Å². The minimum absolute atomic E-state index is 0.0701. The van der Waals surface area contributed by atoms with Gasteiger partial charge >= 0.3 is 17.9 Å². The van der Waals surface area contributed by atoms with Gasteiger partial charge in [0.2, 0.25) is 0 Å². The molecule has 8 nitrogen and oxygen atoms in total. The minimum Gasteiger partial charge on any atom is -0.493 e. The van der Waals surface area contributed by atoms with Crippen LogP contribution in [0.15, 0.2) is 36.4 Å². The lowest BCUT2D eigenvalue weighted by molar-refractivity contribution is -0.134. The Labute approximate surface area is 184 Å². The molecule has 0 heterocycles. The first-order valence-corrected chi connectivity index (χ1v) is 10.4. The molecule has 1 aromatic carbocycles. The number of benzene rings is 1. The second-order valence-corrected chi connectivity index (χ2v) is 7.16. The Kier molecular flexibility index (Phi) is 14.4. The number of carbonyl (C=O) groups excluding carboxylic acids is 1. The third-order valence-corrected chi connectivity index (χ3v) is 4.13. The Hall–Kier alpha value is -2.87. The van der Waals surface area contributed by atoms with E-state index >= 15 is 0 Å². The lowest BCUT2D eigenvalue weighted by Gasteiger charge is -2.24. The van der Waals surface area contributed by atoms with E-state index in [1.165, 1.54) is 0 Å². The van der Waals surface area contributed by atoms with Crippen LogP contribution in [0, 0.1) is 5.92 Å². The van der Waals surface area contributed by atoms with Crippen molar-refractivity contribution in [3.05, 3.63) is 42.0 Å². The second-order valence-electron chi connectivity index (χ2n) is 7.16. The molecule has 0 saturated heterocycles. The van der Waals surface area contributed by atoms with Crippen molar-refractivity contribution in [1.82, 2.24) is 4.90 Å². The van der Waals surface area contributed by atoms with Crippen molar-refractivity contribution in [2.75, 3.05) is 26.2 Å². The Morgan fingerprint density at radius 1 is 0.968 bits per heavy atom. The summed E-state index contributed by atoms with van der Waals surface area (Å²) in [5.74, 6) is -1.52. The smallest absolute Gasteiger partial charge is 0.338 e. The topological polar surface area (TPSA) is 113 Å². The first kappa shape index (κ1) is 28.1. The molecule has 1 aromatic rings. The van der Waals surface area contributed by atoms with Gasteiger partial charge in [0.05, 0.1) is 12.2 Å². The molecule has 0 aliphatic heterocycles. The molecule has 2 N–H and O–H groups in total. The van der Waals surface area contributed by atoms with E-state index in [-0.39, 0.29) is 12.1 Å². The number of nitrogens with zero attached hydrogens (tertiary/aromatic N) is 1. The molecule has 0 aliphatic carbocycles. The fourth-order valence-electron chi connectivity index (χ4n) is 2.33. The Balaban J connectivity index is 0.000000954.